The molecule has 0 spiro atoms. The maximum absolute atomic E-state index is 11.9. The van der Waals surface area contributed by atoms with Crippen molar-refractivity contribution in [2.45, 2.75) is 39.8 Å². The van der Waals surface area contributed by atoms with Gasteiger partial charge >= 0.3 is 12.0 Å². The molecule has 0 aliphatic carbocycles. The predicted octanol–water partition coefficient (Wildman–Crippen LogP) is 2.46. The minimum absolute atomic E-state index is 0.174. The molecule has 2 amide bonds. The Kier molecular flexibility index (Phi) is 5.55. The molecule has 0 fully saturated rings. The van der Waals surface area contributed by atoms with Crippen LogP contribution in [0.2, 0.25) is 0 Å². The summed E-state index contributed by atoms with van der Waals surface area (Å²) in [7, 11) is 0. The number of aliphatic carboxylic acids is 1. The SMILES string of the molecule is Cc1ccccc1C(C)NC(=O)N[C@@H](C(=O)O)C(C)C. The molecule has 20 heavy (non-hydrogen) atoms. The van der Waals surface area contributed by atoms with Crippen LogP contribution in [0.25, 0.3) is 0 Å². The number of carboxylic acids is 1. The van der Waals surface area contributed by atoms with Crippen LogP contribution in [-0.4, -0.2) is 23.1 Å². The van der Waals surface area contributed by atoms with Gasteiger partial charge in [-0.3, -0.25) is 0 Å². The summed E-state index contributed by atoms with van der Waals surface area (Å²) in [6, 6.07) is 6.22. The zero-order chi connectivity index (χ0) is 15.3. The van der Waals surface area contributed by atoms with Crippen LogP contribution >= 0.6 is 0 Å². The normalized spacial score (nSPS) is 13.7. The number of urea groups is 1. The van der Waals surface area contributed by atoms with Crippen LogP contribution in [0.3, 0.4) is 0 Å². The molecule has 0 aromatic heterocycles. The quantitative estimate of drug-likeness (QED) is 0.774. The van der Waals surface area contributed by atoms with Gasteiger partial charge in [-0.2, -0.15) is 0 Å². The molecule has 0 heterocycles. The molecule has 2 atom stereocenters. The second-order valence-corrected chi connectivity index (χ2v) is 5.26. The van der Waals surface area contributed by atoms with Gasteiger partial charge in [-0.1, -0.05) is 38.1 Å². The standard InChI is InChI=1S/C15H22N2O3/c1-9(2)13(14(18)19)17-15(20)16-11(4)12-8-6-5-7-10(12)3/h5-9,11,13H,1-4H3,(H,18,19)(H2,16,17,20)/t11?,13-/m1/s1. The van der Waals surface area contributed by atoms with Gasteiger partial charge in [-0.15, -0.1) is 0 Å². The van der Waals surface area contributed by atoms with Crippen molar-refractivity contribution in [2.24, 2.45) is 5.92 Å². The summed E-state index contributed by atoms with van der Waals surface area (Å²) in [6.45, 7) is 7.35. The van der Waals surface area contributed by atoms with Gasteiger partial charge < -0.3 is 15.7 Å². The Morgan fingerprint density at radius 3 is 2.20 bits per heavy atom. The highest BCUT2D eigenvalue weighted by atomic mass is 16.4. The molecule has 5 nitrogen and oxygen atoms in total. The van der Waals surface area contributed by atoms with Crippen LogP contribution in [0.4, 0.5) is 4.79 Å². The minimum Gasteiger partial charge on any atom is -0.480 e. The number of nitrogens with one attached hydrogen (secondary N) is 2. The molecule has 0 aliphatic heterocycles. The van der Waals surface area contributed by atoms with Gasteiger partial charge in [0.15, 0.2) is 0 Å². The van der Waals surface area contributed by atoms with E-state index in [1.807, 2.05) is 38.1 Å². The van der Waals surface area contributed by atoms with Gasteiger partial charge in [0.05, 0.1) is 6.04 Å². The van der Waals surface area contributed by atoms with Gasteiger partial charge in [-0.25, -0.2) is 9.59 Å². The molecular formula is C15H22N2O3. The van der Waals surface area contributed by atoms with Gasteiger partial charge in [0.25, 0.3) is 0 Å². The fourth-order valence-corrected chi connectivity index (χ4v) is 2.04. The van der Waals surface area contributed by atoms with E-state index in [2.05, 4.69) is 10.6 Å². The number of amides is 2. The molecule has 0 radical (unpaired) electrons. The van der Waals surface area contributed by atoms with E-state index in [0.717, 1.165) is 11.1 Å². The molecule has 1 aromatic rings. The summed E-state index contributed by atoms with van der Waals surface area (Å²) in [5.41, 5.74) is 2.10. The number of carbonyl (C=O) groups excluding carboxylic acids is 1. The zero-order valence-corrected chi connectivity index (χ0v) is 12.3. The third-order valence-electron chi connectivity index (χ3n) is 3.22. The van der Waals surface area contributed by atoms with E-state index in [1.165, 1.54) is 0 Å². The van der Waals surface area contributed by atoms with Gasteiger partial charge in [0.1, 0.15) is 6.04 Å². The van der Waals surface area contributed by atoms with Crippen LogP contribution in [0, 0.1) is 12.8 Å². The number of benzene rings is 1. The monoisotopic (exact) mass is 278 g/mol. The van der Waals surface area contributed by atoms with Crippen LogP contribution < -0.4 is 10.6 Å². The molecule has 1 unspecified atom stereocenters. The highest BCUT2D eigenvalue weighted by molar-refractivity contribution is 5.82. The van der Waals surface area contributed by atoms with Crippen molar-refractivity contribution in [3.8, 4) is 0 Å². The first-order valence-electron chi connectivity index (χ1n) is 6.68. The fraction of sp³-hybridized carbons (Fsp3) is 0.467. The first kappa shape index (κ1) is 16.0. The highest BCUT2D eigenvalue weighted by Crippen LogP contribution is 2.16. The third-order valence-corrected chi connectivity index (χ3v) is 3.22. The second-order valence-electron chi connectivity index (χ2n) is 5.26. The maximum Gasteiger partial charge on any atom is 0.326 e. The topological polar surface area (TPSA) is 78.4 Å². The minimum atomic E-state index is -1.03. The number of carbonyl (C=O) groups is 2. The summed E-state index contributed by atoms with van der Waals surface area (Å²) >= 11 is 0. The van der Waals surface area contributed by atoms with E-state index in [-0.39, 0.29) is 12.0 Å². The van der Waals surface area contributed by atoms with Gasteiger partial charge in [-0.05, 0) is 30.9 Å². The molecule has 0 bridgehead atoms. The molecule has 3 N–H and O–H groups in total. The van der Waals surface area contributed by atoms with Crippen LogP contribution in [0.5, 0.6) is 0 Å². The molecule has 1 aromatic carbocycles. The Labute approximate surface area is 119 Å². The number of aryl methyl sites for hydroxylation is 1. The second kappa shape index (κ2) is 6.93. The van der Waals surface area contributed by atoms with Crippen molar-refractivity contribution in [3.63, 3.8) is 0 Å². The number of hydrogen-bond donors (Lipinski definition) is 3. The van der Waals surface area contributed by atoms with Crippen molar-refractivity contribution >= 4 is 12.0 Å². The summed E-state index contributed by atoms with van der Waals surface area (Å²) in [5, 5.41) is 14.3. The first-order chi connectivity index (χ1) is 9.32. The molecule has 110 valence electrons. The van der Waals surface area contributed by atoms with Crippen molar-refractivity contribution in [1.82, 2.24) is 10.6 Å². The predicted molar refractivity (Wildman–Crippen MR) is 77.5 cm³/mol. The van der Waals surface area contributed by atoms with E-state index in [1.54, 1.807) is 13.8 Å². The van der Waals surface area contributed by atoms with Crippen LogP contribution in [0.15, 0.2) is 24.3 Å². The average molecular weight is 278 g/mol. The summed E-state index contributed by atoms with van der Waals surface area (Å²) in [5.74, 6) is -1.20. The van der Waals surface area contributed by atoms with Crippen molar-refractivity contribution in [1.29, 1.82) is 0 Å². The number of hydrogen-bond acceptors (Lipinski definition) is 2. The van der Waals surface area contributed by atoms with E-state index >= 15 is 0 Å². The van der Waals surface area contributed by atoms with Gasteiger partial charge in [0, 0.05) is 0 Å². The smallest absolute Gasteiger partial charge is 0.326 e. The molecule has 0 aliphatic rings. The Morgan fingerprint density at radius 2 is 1.70 bits per heavy atom. The maximum atomic E-state index is 11.9. The van der Waals surface area contributed by atoms with E-state index in [4.69, 9.17) is 5.11 Å². The lowest BCUT2D eigenvalue weighted by Crippen LogP contribution is -2.49. The third kappa shape index (κ3) is 4.26. The zero-order valence-electron chi connectivity index (χ0n) is 12.3. The molecule has 0 saturated carbocycles. The number of carboxylic acid groups (broad SMARTS) is 1. The summed E-state index contributed by atoms with van der Waals surface area (Å²) in [6.07, 6.45) is 0. The highest BCUT2D eigenvalue weighted by Gasteiger charge is 2.24. The van der Waals surface area contributed by atoms with Crippen molar-refractivity contribution < 1.29 is 14.7 Å². The van der Waals surface area contributed by atoms with Crippen LogP contribution in [-0.2, 0) is 4.79 Å². The molecule has 5 heteroatoms. The summed E-state index contributed by atoms with van der Waals surface area (Å²) < 4.78 is 0. The lowest BCUT2D eigenvalue weighted by Gasteiger charge is -2.21. The Morgan fingerprint density at radius 1 is 1.10 bits per heavy atom. The first-order valence-corrected chi connectivity index (χ1v) is 6.68. The van der Waals surface area contributed by atoms with Gasteiger partial charge in [0.2, 0.25) is 0 Å². The lowest BCUT2D eigenvalue weighted by atomic mass is 10.0. The molecule has 0 saturated heterocycles. The lowest BCUT2D eigenvalue weighted by molar-refractivity contribution is -0.140. The Balaban J connectivity index is 2.67. The average Bonchev–Trinajstić information content (AvgIpc) is 2.35. The van der Waals surface area contributed by atoms with Crippen molar-refractivity contribution in [2.75, 3.05) is 0 Å². The van der Waals surface area contributed by atoms with E-state index in [0.29, 0.717) is 0 Å². The molecule has 1 rings (SSSR count). The van der Waals surface area contributed by atoms with Crippen LogP contribution in [0.1, 0.15) is 37.9 Å². The Bertz CT molecular complexity index is 486. The summed E-state index contributed by atoms with van der Waals surface area (Å²) in [4.78, 5) is 22.9. The molecular weight excluding hydrogens is 256 g/mol. The number of rotatable bonds is 5. The largest absolute Gasteiger partial charge is 0.480 e. The fourth-order valence-electron chi connectivity index (χ4n) is 2.04. The van der Waals surface area contributed by atoms with E-state index in [9.17, 15) is 9.59 Å². The van der Waals surface area contributed by atoms with Crippen molar-refractivity contribution in [3.05, 3.63) is 35.4 Å². The Hall–Kier alpha value is -2.04. The van der Waals surface area contributed by atoms with E-state index < -0.39 is 18.0 Å².